The number of rotatable bonds is 5. The van der Waals surface area contributed by atoms with Crippen molar-refractivity contribution in [3.63, 3.8) is 0 Å². The van der Waals surface area contributed by atoms with E-state index in [1.54, 1.807) is 26.6 Å². The Kier molecular flexibility index (Phi) is 4.25. The molecule has 1 heterocycles. The van der Waals surface area contributed by atoms with Crippen LogP contribution in [-0.4, -0.2) is 25.7 Å². The van der Waals surface area contributed by atoms with Gasteiger partial charge in [-0.2, -0.15) is 0 Å². The molecule has 0 saturated carbocycles. The quantitative estimate of drug-likeness (QED) is 0.421. The molecule has 15 heavy (non-hydrogen) atoms. The third-order valence-corrected chi connectivity index (χ3v) is 1.94. The summed E-state index contributed by atoms with van der Waals surface area (Å²) in [7, 11) is 3.13. The van der Waals surface area contributed by atoms with E-state index in [0.717, 1.165) is 5.56 Å². The molecule has 0 atom stereocenters. The Bertz CT molecular complexity index is 352. The molecule has 80 valence electrons. The lowest BCUT2D eigenvalue weighted by molar-refractivity contribution is 0.382. The van der Waals surface area contributed by atoms with Gasteiger partial charge in [-0.3, -0.25) is 4.98 Å². The van der Waals surface area contributed by atoms with E-state index >= 15 is 0 Å². The molecule has 0 aliphatic rings. The topological polar surface area (TPSA) is 80.1 Å². The Labute approximate surface area is 87.5 Å². The van der Waals surface area contributed by atoms with Crippen molar-refractivity contribution in [2.75, 3.05) is 20.8 Å². The molecule has 0 fully saturated rings. The first-order chi connectivity index (χ1) is 7.33. The highest BCUT2D eigenvalue weighted by molar-refractivity contribution is 5.41. The van der Waals surface area contributed by atoms with Crippen molar-refractivity contribution in [3.05, 3.63) is 28.4 Å². The molecular weight excluding hydrogens is 196 g/mol. The third kappa shape index (κ3) is 2.75. The Hall–Kier alpha value is -1.94. The predicted octanol–water partition coefficient (Wildman–Crippen LogP) is 1.95. The van der Waals surface area contributed by atoms with Gasteiger partial charge >= 0.3 is 0 Å². The van der Waals surface area contributed by atoms with Crippen molar-refractivity contribution in [1.82, 2.24) is 4.98 Å². The van der Waals surface area contributed by atoms with E-state index in [1.165, 1.54) is 0 Å². The summed E-state index contributed by atoms with van der Waals surface area (Å²) in [5.41, 5.74) is 9.04. The van der Waals surface area contributed by atoms with Crippen LogP contribution in [0.3, 0.4) is 0 Å². The zero-order valence-electron chi connectivity index (χ0n) is 8.67. The fourth-order valence-electron chi connectivity index (χ4n) is 1.25. The van der Waals surface area contributed by atoms with Crippen LogP contribution in [-0.2, 0) is 6.42 Å². The molecule has 0 aromatic carbocycles. The van der Waals surface area contributed by atoms with E-state index in [0.29, 0.717) is 24.5 Å². The van der Waals surface area contributed by atoms with E-state index in [1.807, 2.05) is 0 Å². The fourth-order valence-corrected chi connectivity index (χ4v) is 1.25. The average molecular weight is 208 g/mol. The summed E-state index contributed by atoms with van der Waals surface area (Å²) in [6, 6.07) is 0. The lowest BCUT2D eigenvalue weighted by Crippen LogP contribution is -1.99. The molecule has 1 aromatic rings. The standard InChI is InChI=1S/C9H12N4O2/c1-14-8-5-11-6-9(15-2)7(8)3-4-12-13-10/h5-6H,3-4H2,1-2H3. The monoisotopic (exact) mass is 208 g/mol. The summed E-state index contributed by atoms with van der Waals surface area (Å²) < 4.78 is 10.3. The smallest absolute Gasteiger partial charge is 0.144 e. The highest BCUT2D eigenvalue weighted by atomic mass is 16.5. The highest BCUT2D eigenvalue weighted by Crippen LogP contribution is 2.27. The van der Waals surface area contributed by atoms with Crippen LogP contribution in [0.4, 0.5) is 0 Å². The number of azide groups is 1. The summed E-state index contributed by atoms with van der Waals surface area (Å²) in [4.78, 5) is 6.65. The van der Waals surface area contributed by atoms with Crippen molar-refractivity contribution < 1.29 is 9.47 Å². The molecule has 0 N–H and O–H groups in total. The number of hydrogen-bond acceptors (Lipinski definition) is 4. The van der Waals surface area contributed by atoms with Crippen LogP contribution in [0.25, 0.3) is 10.4 Å². The fraction of sp³-hybridized carbons (Fsp3) is 0.444. The molecule has 1 rings (SSSR count). The lowest BCUT2D eigenvalue weighted by atomic mass is 10.1. The van der Waals surface area contributed by atoms with Gasteiger partial charge in [0.05, 0.1) is 26.6 Å². The molecule has 0 amide bonds. The second-order valence-corrected chi connectivity index (χ2v) is 2.73. The Morgan fingerprint density at radius 1 is 1.33 bits per heavy atom. The molecule has 0 aliphatic carbocycles. The van der Waals surface area contributed by atoms with Gasteiger partial charge in [0.15, 0.2) is 0 Å². The minimum absolute atomic E-state index is 0.368. The normalized spacial score (nSPS) is 9.20. The van der Waals surface area contributed by atoms with Crippen LogP contribution in [0.15, 0.2) is 17.5 Å². The van der Waals surface area contributed by atoms with E-state index in [9.17, 15) is 0 Å². The van der Waals surface area contributed by atoms with Crippen molar-refractivity contribution in [2.24, 2.45) is 5.11 Å². The van der Waals surface area contributed by atoms with Gasteiger partial charge in [0.25, 0.3) is 0 Å². The molecule has 0 bridgehead atoms. The average Bonchev–Trinajstić information content (AvgIpc) is 2.29. The van der Waals surface area contributed by atoms with Gasteiger partial charge in [0.2, 0.25) is 0 Å². The van der Waals surface area contributed by atoms with Gasteiger partial charge in [0.1, 0.15) is 11.5 Å². The first-order valence-electron chi connectivity index (χ1n) is 4.39. The first kappa shape index (κ1) is 11.1. The molecular formula is C9H12N4O2. The number of nitrogens with zero attached hydrogens (tertiary/aromatic N) is 4. The van der Waals surface area contributed by atoms with Gasteiger partial charge in [0, 0.05) is 17.0 Å². The Balaban J connectivity index is 2.94. The minimum Gasteiger partial charge on any atom is -0.495 e. The van der Waals surface area contributed by atoms with E-state index < -0.39 is 0 Å². The van der Waals surface area contributed by atoms with Crippen LogP contribution < -0.4 is 9.47 Å². The van der Waals surface area contributed by atoms with Gasteiger partial charge in [-0.05, 0) is 12.0 Å². The molecule has 1 aromatic heterocycles. The molecule has 6 nitrogen and oxygen atoms in total. The molecule has 0 unspecified atom stereocenters. The number of ether oxygens (including phenoxy) is 2. The number of hydrogen-bond donors (Lipinski definition) is 0. The van der Waals surface area contributed by atoms with Crippen LogP contribution in [0, 0.1) is 0 Å². The highest BCUT2D eigenvalue weighted by Gasteiger charge is 2.09. The summed E-state index contributed by atoms with van der Waals surface area (Å²) in [6.07, 6.45) is 3.78. The maximum Gasteiger partial charge on any atom is 0.144 e. The van der Waals surface area contributed by atoms with Crippen molar-refractivity contribution in [1.29, 1.82) is 0 Å². The maximum absolute atomic E-state index is 8.18. The zero-order chi connectivity index (χ0) is 11.1. The van der Waals surface area contributed by atoms with Gasteiger partial charge in [-0.15, -0.1) is 0 Å². The van der Waals surface area contributed by atoms with E-state index in [4.69, 9.17) is 15.0 Å². The largest absolute Gasteiger partial charge is 0.495 e. The first-order valence-corrected chi connectivity index (χ1v) is 4.39. The summed E-state index contributed by atoms with van der Waals surface area (Å²) >= 11 is 0. The van der Waals surface area contributed by atoms with Crippen molar-refractivity contribution in [2.45, 2.75) is 6.42 Å². The molecule has 0 spiro atoms. The predicted molar refractivity (Wildman–Crippen MR) is 55.1 cm³/mol. The van der Waals surface area contributed by atoms with E-state index in [2.05, 4.69) is 15.0 Å². The van der Waals surface area contributed by atoms with Crippen LogP contribution in [0.5, 0.6) is 11.5 Å². The lowest BCUT2D eigenvalue weighted by Gasteiger charge is -2.10. The summed E-state index contributed by atoms with van der Waals surface area (Å²) in [5.74, 6) is 1.28. The maximum atomic E-state index is 8.18. The minimum atomic E-state index is 0.368. The van der Waals surface area contributed by atoms with Gasteiger partial charge in [-0.1, -0.05) is 5.11 Å². The second-order valence-electron chi connectivity index (χ2n) is 2.73. The zero-order valence-corrected chi connectivity index (χ0v) is 8.67. The molecule has 0 saturated heterocycles. The summed E-state index contributed by atoms with van der Waals surface area (Å²) in [5, 5.41) is 3.47. The SMILES string of the molecule is COc1cncc(OC)c1CCN=[N+]=[N-]. The Morgan fingerprint density at radius 2 is 1.93 bits per heavy atom. The second kappa shape index (κ2) is 5.72. The van der Waals surface area contributed by atoms with Crippen LogP contribution in [0.1, 0.15) is 5.56 Å². The van der Waals surface area contributed by atoms with Crippen LogP contribution in [0.2, 0.25) is 0 Å². The van der Waals surface area contributed by atoms with Crippen LogP contribution >= 0.6 is 0 Å². The summed E-state index contributed by atoms with van der Waals surface area (Å²) in [6.45, 7) is 0.368. The number of aromatic nitrogens is 1. The number of pyridine rings is 1. The molecule has 6 heteroatoms. The van der Waals surface area contributed by atoms with Crippen molar-refractivity contribution >= 4 is 0 Å². The van der Waals surface area contributed by atoms with Crippen molar-refractivity contribution in [3.8, 4) is 11.5 Å². The Morgan fingerprint density at radius 3 is 2.40 bits per heavy atom. The number of methoxy groups -OCH3 is 2. The molecule has 0 radical (unpaired) electrons. The van der Waals surface area contributed by atoms with Gasteiger partial charge in [-0.25, -0.2) is 0 Å². The third-order valence-electron chi connectivity index (χ3n) is 1.94. The van der Waals surface area contributed by atoms with Gasteiger partial charge < -0.3 is 9.47 Å². The van der Waals surface area contributed by atoms with E-state index in [-0.39, 0.29) is 0 Å². The molecule has 0 aliphatic heterocycles.